The number of pyridine rings is 7. The summed E-state index contributed by atoms with van der Waals surface area (Å²) >= 11 is 0. The summed E-state index contributed by atoms with van der Waals surface area (Å²) < 4.78 is 12.2. The minimum atomic E-state index is -0.406. The van der Waals surface area contributed by atoms with Crippen LogP contribution in [-0.4, -0.2) is 41.6 Å². The molecule has 9 rings (SSSR count). The molecular formula is C79H93FN14. The fraction of sp³-hybridized carbons (Fsp3) is 0.443. The zero-order chi connectivity index (χ0) is 70.2. The summed E-state index contributed by atoms with van der Waals surface area (Å²) in [6, 6.07) is 29.6. The molecule has 2 aliphatic carbocycles. The van der Waals surface area contributed by atoms with E-state index in [9.17, 15) is 4.39 Å². The van der Waals surface area contributed by atoms with Crippen LogP contribution < -0.4 is 0 Å². The van der Waals surface area contributed by atoms with E-state index in [1.807, 2.05) is 76.2 Å². The third-order valence-corrected chi connectivity index (χ3v) is 15.1. The Hall–Kier alpha value is -10.0. The average molecular weight is 1260 g/mol. The van der Waals surface area contributed by atoms with E-state index in [2.05, 4.69) is 155 Å². The molecule has 0 aliphatic heterocycles. The molecule has 15 heteroatoms. The lowest BCUT2D eigenvalue weighted by Gasteiger charge is -2.14. The van der Waals surface area contributed by atoms with Crippen LogP contribution >= 0.6 is 0 Å². The van der Waals surface area contributed by atoms with Crippen molar-refractivity contribution in [2.24, 2.45) is 5.92 Å². The van der Waals surface area contributed by atoms with Crippen LogP contribution in [0.3, 0.4) is 0 Å². The first-order valence-electron chi connectivity index (χ1n) is 32.5. The molecular weight excluding hydrogens is 1160 g/mol. The maximum atomic E-state index is 12.2. The van der Waals surface area contributed by atoms with Crippen molar-refractivity contribution in [3.05, 3.63) is 204 Å². The van der Waals surface area contributed by atoms with Crippen LogP contribution in [0.4, 0.5) is 4.39 Å². The van der Waals surface area contributed by atoms with Gasteiger partial charge in [0.2, 0.25) is 0 Å². The summed E-state index contributed by atoms with van der Waals surface area (Å²) in [6.45, 7) is 35.3. The zero-order valence-corrected chi connectivity index (χ0v) is 58.3. The van der Waals surface area contributed by atoms with Gasteiger partial charge in [-0.05, 0) is 174 Å². The predicted octanol–water partition coefficient (Wildman–Crippen LogP) is 18.5. The van der Waals surface area contributed by atoms with Crippen LogP contribution in [-0.2, 0) is 19.3 Å². The first-order valence-corrected chi connectivity index (χ1v) is 32.5. The molecule has 7 heterocycles. The lowest BCUT2D eigenvalue weighted by molar-refractivity contribution is 0.493. The second-order valence-electron chi connectivity index (χ2n) is 25.7. The summed E-state index contributed by atoms with van der Waals surface area (Å²) in [5.74, 6) is 7.23. The van der Waals surface area contributed by atoms with Gasteiger partial charge in [-0.2, -0.15) is 36.8 Å². The summed E-state index contributed by atoms with van der Waals surface area (Å²) in [6.07, 6.45) is 24.3. The molecule has 0 amide bonds. The molecule has 0 saturated heterocycles. The molecule has 0 bridgehead atoms. The van der Waals surface area contributed by atoms with E-state index in [0.29, 0.717) is 98.3 Å². The summed E-state index contributed by atoms with van der Waals surface area (Å²) in [5.41, 5.74) is 18.2. The van der Waals surface area contributed by atoms with E-state index in [4.69, 9.17) is 43.3 Å². The molecule has 7 aromatic rings. The Balaban J connectivity index is 0.000000286. The van der Waals surface area contributed by atoms with Crippen molar-refractivity contribution in [3.8, 4) is 54.8 Å². The van der Waals surface area contributed by atoms with Crippen molar-refractivity contribution in [2.45, 2.75) is 216 Å². The second-order valence-corrected chi connectivity index (χ2v) is 25.7. The normalized spacial score (nSPS) is 11.7. The number of aryl methyl sites for hydroxylation is 2. The van der Waals surface area contributed by atoms with Crippen LogP contribution in [0.2, 0.25) is 0 Å². The average Bonchev–Trinajstić information content (AvgIpc) is 1.60. The van der Waals surface area contributed by atoms with Crippen LogP contribution in [0.1, 0.15) is 309 Å². The molecule has 0 atom stereocenters. The lowest BCUT2D eigenvalue weighted by atomic mass is 9.94. The van der Waals surface area contributed by atoms with E-state index < -0.39 is 6.67 Å². The molecule has 94 heavy (non-hydrogen) atoms. The molecule has 2 fully saturated rings. The standard InChI is InChI=1S/C13H16N2.C12H14N2.C12H16N2.C11H13FN2.C11H14N2.C11H10N2.C9H10N2/c1-9(2)13-12(5-10-3-4-10)6-11(7-14)8-15-13;1-8(2)12-11(10-3-4-10)5-9(6-13)7-14-12;1-8(2)11-5-10(6-13)7-14-12(11)9(3)4;1-8(2)11-10(3-4-12)5-9(6-13)7-14-11;2*1-4-10-5-9(6-12)7-13-11(10)8(2)3;1-7(2)9-4-3-8(5-10)6-11-9/h6,8-10H,3-5H2,1-2H3;5,7-8,10H,3-4H2,1-2H3;5,7-9H,1-4H3;5,7-8H,3-4H2,1-2H3;5,7-8H,4H2,1-3H3;1,5,7-8H,2-3H3;3-4,6-7H,1-2H3. The Morgan fingerprint density at radius 3 is 1.15 bits per heavy atom. The van der Waals surface area contributed by atoms with Crippen molar-refractivity contribution >= 4 is 0 Å². The van der Waals surface area contributed by atoms with E-state index in [-0.39, 0.29) is 5.92 Å². The number of halogens is 1. The van der Waals surface area contributed by atoms with Gasteiger partial charge in [-0.25, -0.2) is 0 Å². The van der Waals surface area contributed by atoms with Gasteiger partial charge >= 0.3 is 0 Å². The maximum absolute atomic E-state index is 12.2. The van der Waals surface area contributed by atoms with Crippen molar-refractivity contribution < 1.29 is 4.39 Å². The smallest absolute Gasteiger partial charge is 0.101 e. The highest BCUT2D eigenvalue weighted by molar-refractivity contribution is 5.44. The van der Waals surface area contributed by atoms with Crippen molar-refractivity contribution in [1.82, 2.24) is 34.9 Å². The van der Waals surface area contributed by atoms with Gasteiger partial charge in [-0.15, -0.1) is 6.42 Å². The monoisotopic (exact) mass is 1260 g/mol. The number of hydrogen-bond acceptors (Lipinski definition) is 14. The van der Waals surface area contributed by atoms with Crippen LogP contribution in [0, 0.1) is 97.6 Å². The third-order valence-electron chi connectivity index (χ3n) is 15.1. The highest BCUT2D eigenvalue weighted by Gasteiger charge is 2.28. The zero-order valence-electron chi connectivity index (χ0n) is 58.3. The van der Waals surface area contributed by atoms with E-state index >= 15 is 0 Å². The number of alkyl halides is 1. The van der Waals surface area contributed by atoms with Gasteiger partial charge in [0.25, 0.3) is 0 Å². The van der Waals surface area contributed by atoms with Gasteiger partial charge in [0.15, 0.2) is 0 Å². The van der Waals surface area contributed by atoms with Gasteiger partial charge in [-0.1, -0.05) is 124 Å². The summed E-state index contributed by atoms with van der Waals surface area (Å²) in [7, 11) is 0. The molecule has 2 saturated carbocycles. The molecule has 0 aromatic carbocycles. The minimum absolute atomic E-state index is 0.268. The molecule has 486 valence electrons. The van der Waals surface area contributed by atoms with Crippen LogP contribution in [0.25, 0.3) is 0 Å². The number of rotatable bonds is 14. The van der Waals surface area contributed by atoms with Crippen molar-refractivity contribution in [1.29, 1.82) is 36.8 Å². The number of terminal acetylenes is 1. The molecule has 14 nitrogen and oxygen atoms in total. The van der Waals surface area contributed by atoms with Gasteiger partial charge in [0.05, 0.1) is 51.3 Å². The Morgan fingerprint density at radius 1 is 0.404 bits per heavy atom. The van der Waals surface area contributed by atoms with Crippen LogP contribution in [0.15, 0.2) is 91.9 Å². The summed E-state index contributed by atoms with van der Waals surface area (Å²) in [5, 5.41) is 60.9. The lowest BCUT2D eigenvalue weighted by Crippen LogP contribution is -2.02. The van der Waals surface area contributed by atoms with E-state index in [1.54, 1.807) is 55.4 Å². The fourth-order valence-corrected chi connectivity index (χ4v) is 9.87. The van der Waals surface area contributed by atoms with Gasteiger partial charge in [0.1, 0.15) is 42.5 Å². The van der Waals surface area contributed by atoms with Crippen molar-refractivity contribution in [3.63, 3.8) is 0 Å². The SMILES string of the molecule is C#Cc1cc(C#N)cnc1C(C)C.CC(C)c1cc(C#N)cnc1C(C)C.CC(C)c1ccc(C#N)cn1.CC(C)c1ncc(C#N)cc1C1CC1.CC(C)c1ncc(C#N)cc1CC1CC1.CC(C)c1ncc(C#N)cc1CCF.CCc1cc(C#N)cnc1C(C)C. The maximum Gasteiger partial charge on any atom is 0.101 e. The molecule has 0 unspecified atom stereocenters. The topological polar surface area (TPSA) is 257 Å². The number of hydrogen-bond donors (Lipinski definition) is 0. The van der Waals surface area contributed by atoms with Gasteiger partial charge < -0.3 is 0 Å². The van der Waals surface area contributed by atoms with E-state index in [0.717, 1.165) is 52.8 Å². The van der Waals surface area contributed by atoms with Gasteiger partial charge in [-0.3, -0.25) is 39.3 Å². The van der Waals surface area contributed by atoms with Gasteiger partial charge in [0, 0.05) is 89.5 Å². The molecule has 0 radical (unpaired) electrons. The quantitative estimate of drug-likeness (QED) is 0.0918. The first-order chi connectivity index (χ1) is 44.8. The van der Waals surface area contributed by atoms with E-state index in [1.165, 1.54) is 65.5 Å². The number of nitrogens with zero attached hydrogens (tertiary/aromatic N) is 14. The third kappa shape index (κ3) is 25.6. The van der Waals surface area contributed by atoms with Crippen LogP contribution in [0.5, 0.6) is 0 Å². The first kappa shape index (κ1) is 78.2. The Kier molecular flexibility index (Phi) is 33.3. The number of aromatic nitrogens is 7. The largest absolute Gasteiger partial charge is 0.260 e. The van der Waals surface area contributed by atoms with Crippen molar-refractivity contribution in [2.75, 3.05) is 6.67 Å². The molecule has 7 aromatic heterocycles. The Labute approximate surface area is 560 Å². The summed E-state index contributed by atoms with van der Waals surface area (Å²) in [4.78, 5) is 29.9. The second kappa shape index (κ2) is 40.1. The highest BCUT2D eigenvalue weighted by atomic mass is 19.1. The number of nitriles is 7. The molecule has 0 N–H and O–H groups in total. The molecule has 2 aliphatic rings. The molecule has 0 spiro atoms. The Bertz CT molecular complexity index is 3860. The predicted molar refractivity (Wildman–Crippen MR) is 371 cm³/mol. The Morgan fingerprint density at radius 2 is 0.777 bits per heavy atom. The highest BCUT2D eigenvalue weighted by Crippen LogP contribution is 2.43. The minimum Gasteiger partial charge on any atom is -0.260 e. The fourth-order valence-electron chi connectivity index (χ4n) is 9.87.